The fourth-order valence-electron chi connectivity index (χ4n) is 5.06. The Morgan fingerprint density at radius 1 is 1.12 bits per heavy atom. The number of furan rings is 1. The van der Waals surface area contributed by atoms with E-state index in [0.717, 1.165) is 6.07 Å². The quantitative estimate of drug-likeness (QED) is 0.220. The Morgan fingerprint density at radius 2 is 1.90 bits per heavy atom. The lowest BCUT2D eigenvalue weighted by molar-refractivity contribution is 0.0523. The highest BCUT2D eigenvalue weighted by Gasteiger charge is 2.24. The molecule has 1 aliphatic heterocycles. The van der Waals surface area contributed by atoms with Crippen molar-refractivity contribution < 1.29 is 28.1 Å². The number of benzene rings is 1. The number of nitrogens with zero attached hydrogens (tertiary/aromatic N) is 8. The van der Waals surface area contributed by atoms with Crippen LogP contribution >= 0.6 is 0 Å². The summed E-state index contributed by atoms with van der Waals surface area (Å²) >= 11 is 0. The molecule has 5 heterocycles. The summed E-state index contributed by atoms with van der Waals surface area (Å²) in [5, 5.41) is 22.8. The average molecular weight is 586 g/mol. The molecule has 0 aliphatic carbocycles. The molecule has 0 radical (unpaired) electrons. The van der Waals surface area contributed by atoms with Gasteiger partial charge in [0, 0.05) is 58.4 Å². The van der Waals surface area contributed by atoms with Crippen LogP contribution in [0, 0.1) is 11.6 Å². The summed E-state index contributed by atoms with van der Waals surface area (Å²) in [4.78, 5) is 26.2. The molecule has 0 amide bonds. The highest BCUT2D eigenvalue weighted by atomic mass is 19.1. The van der Waals surface area contributed by atoms with Gasteiger partial charge in [0.1, 0.15) is 24.0 Å². The molecule has 6 rings (SSSR count). The normalized spacial score (nSPS) is 15.2. The molecular formula is C26H29F2N9O5. The first kappa shape index (κ1) is 27.6. The Kier molecular flexibility index (Phi) is 7.26. The first-order valence-corrected chi connectivity index (χ1v) is 13.3. The van der Waals surface area contributed by atoms with Crippen LogP contribution in [0.4, 0.5) is 20.4 Å². The van der Waals surface area contributed by atoms with Gasteiger partial charge in [-0.3, -0.25) is 14.0 Å². The monoisotopic (exact) mass is 585 g/mol. The largest absolute Gasteiger partial charge is 0.488 e. The van der Waals surface area contributed by atoms with Crippen molar-refractivity contribution in [3.63, 3.8) is 0 Å². The van der Waals surface area contributed by atoms with Crippen LogP contribution in [0.3, 0.4) is 0 Å². The maximum atomic E-state index is 14.7. The van der Waals surface area contributed by atoms with Gasteiger partial charge >= 0.3 is 5.69 Å². The topological polar surface area (TPSA) is 165 Å². The predicted octanol–water partition coefficient (Wildman–Crippen LogP) is 0.452. The molecule has 1 aromatic carbocycles. The van der Waals surface area contributed by atoms with E-state index in [1.165, 1.54) is 21.4 Å². The van der Waals surface area contributed by atoms with E-state index in [1.54, 1.807) is 28.6 Å². The number of nitrogen functional groups attached to an aromatic ring is 1. The number of halogens is 2. The number of hydrogen-bond acceptors (Lipinski definition) is 11. The molecule has 1 saturated heterocycles. The Labute approximate surface area is 236 Å². The highest BCUT2D eigenvalue weighted by molar-refractivity contribution is 5.88. The van der Waals surface area contributed by atoms with E-state index >= 15 is 0 Å². The molecule has 1 atom stereocenters. The maximum Gasteiger partial charge on any atom is 0.330 e. The third-order valence-corrected chi connectivity index (χ3v) is 7.31. The van der Waals surface area contributed by atoms with Gasteiger partial charge in [0.2, 0.25) is 11.8 Å². The van der Waals surface area contributed by atoms with Gasteiger partial charge in [-0.15, -0.1) is 5.10 Å². The van der Waals surface area contributed by atoms with Crippen LogP contribution < -0.4 is 21.1 Å². The number of piperazine rings is 1. The first-order valence-electron chi connectivity index (χ1n) is 13.3. The zero-order valence-corrected chi connectivity index (χ0v) is 22.7. The van der Waals surface area contributed by atoms with Crippen LogP contribution in [0.2, 0.25) is 0 Å². The summed E-state index contributed by atoms with van der Waals surface area (Å²) in [6.07, 6.45) is 0.336. The van der Waals surface area contributed by atoms with E-state index in [0.29, 0.717) is 67.7 Å². The van der Waals surface area contributed by atoms with Crippen LogP contribution in [0.25, 0.3) is 28.4 Å². The third kappa shape index (κ3) is 4.93. The third-order valence-electron chi connectivity index (χ3n) is 7.31. The van der Waals surface area contributed by atoms with Crippen LogP contribution in [-0.4, -0.2) is 95.9 Å². The molecule has 16 heteroatoms. The summed E-state index contributed by atoms with van der Waals surface area (Å²) in [7, 11) is 1.64. The number of ether oxygens (including phenoxy) is 1. The standard InChI is InChI=1S/C26H29F2N9O5/c1-33-21-23(31-25(29)37-24(21)30-22(32-37)19-3-2-10-41-19)36(26(33)40)9-6-34-4-7-35(8-5-34)18-12-20(17(28)11-16(18)27)42-14-15(39)13-38/h2-3,10-12,15,38-39H,4-9,13-14H2,1H3,(H2,29,31)/t15-/m1/s1. The summed E-state index contributed by atoms with van der Waals surface area (Å²) in [5.41, 5.74) is 7.35. The molecule has 5 aromatic rings. The van der Waals surface area contributed by atoms with E-state index < -0.39 is 24.3 Å². The lowest BCUT2D eigenvalue weighted by Crippen LogP contribution is -2.47. The van der Waals surface area contributed by atoms with Crippen molar-refractivity contribution >= 4 is 28.4 Å². The van der Waals surface area contributed by atoms with Crippen molar-refractivity contribution in [1.82, 2.24) is 33.6 Å². The average Bonchev–Trinajstić information content (AvgIpc) is 3.72. The van der Waals surface area contributed by atoms with E-state index in [2.05, 4.69) is 20.0 Å². The number of hydrogen-bond donors (Lipinski definition) is 3. The molecule has 14 nitrogen and oxygen atoms in total. The molecular weight excluding hydrogens is 556 g/mol. The minimum atomic E-state index is -1.18. The molecule has 4 N–H and O–H groups in total. The lowest BCUT2D eigenvalue weighted by Gasteiger charge is -2.36. The molecule has 1 fully saturated rings. The zero-order valence-electron chi connectivity index (χ0n) is 22.7. The van der Waals surface area contributed by atoms with Gasteiger partial charge in [-0.2, -0.15) is 9.50 Å². The number of aromatic nitrogens is 6. The van der Waals surface area contributed by atoms with E-state index in [1.807, 2.05) is 0 Å². The SMILES string of the molecule is Cn1c(=O)n(CCN2CCN(c3cc(OC[C@H](O)CO)c(F)cc3F)CC2)c2nc(N)n3nc(-c4ccco4)nc3c21. The molecule has 0 saturated carbocycles. The first-order chi connectivity index (χ1) is 20.2. The van der Waals surface area contributed by atoms with Crippen molar-refractivity contribution in [2.75, 3.05) is 56.6 Å². The second kappa shape index (κ2) is 11.0. The Bertz CT molecular complexity index is 1790. The smallest absolute Gasteiger partial charge is 0.330 e. The summed E-state index contributed by atoms with van der Waals surface area (Å²) in [5.74, 6) is -0.974. The number of imidazole rings is 1. The van der Waals surface area contributed by atoms with Crippen molar-refractivity contribution in [2.24, 2.45) is 7.05 Å². The summed E-state index contributed by atoms with van der Waals surface area (Å²) in [6.45, 7) is 2.01. The minimum absolute atomic E-state index is 0.0753. The second-order valence-corrected chi connectivity index (χ2v) is 9.99. The van der Waals surface area contributed by atoms with E-state index in [9.17, 15) is 18.7 Å². The summed E-state index contributed by atoms with van der Waals surface area (Å²) in [6, 6.07) is 5.46. The van der Waals surface area contributed by atoms with E-state index in [-0.39, 0.29) is 29.7 Å². The van der Waals surface area contributed by atoms with Crippen LogP contribution in [0.15, 0.2) is 39.7 Å². The fraction of sp³-hybridized carbons (Fsp3) is 0.385. The molecule has 42 heavy (non-hydrogen) atoms. The molecule has 0 unspecified atom stereocenters. The van der Waals surface area contributed by atoms with Gasteiger partial charge in [-0.1, -0.05) is 0 Å². The Morgan fingerprint density at radius 3 is 2.62 bits per heavy atom. The minimum Gasteiger partial charge on any atom is -0.488 e. The molecule has 4 aromatic heterocycles. The number of rotatable bonds is 9. The van der Waals surface area contributed by atoms with Crippen LogP contribution in [0.5, 0.6) is 5.75 Å². The highest BCUT2D eigenvalue weighted by Crippen LogP contribution is 2.29. The van der Waals surface area contributed by atoms with Crippen LogP contribution in [0.1, 0.15) is 0 Å². The van der Waals surface area contributed by atoms with E-state index in [4.69, 9.17) is 20.0 Å². The lowest BCUT2D eigenvalue weighted by atomic mass is 10.2. The van der Waals surface area contributed by atoms with Crippen LogP contribution in [-0.2, 0) is 13.6 Å². The fourth-order valence-corrected chi connectivity index (χ4v) is 5.06. The molecule has 0 spiro atoms. The zero-order chi connectivity index (χ0) is 29.5. The number of aliphatic hydroxyl groups is 2. The second-order valence-electron chi connectivity index (χ2n) is 9.99. The number of aliphatic hydroxyl groups excluding tert-OH is 2. The number of fused-ring (bicyclic) bond motifs is 3. The Hall–Kier alpha value is -4.54. The Balaban J connectivity index is 1.17. The van der Waals surface area contributed by atoms with Crippen molar-refractivity contribution in [3.05, 3.63) is 52.6 Å². The van der Waals surface area contributed by atoms with Gasteiger partial charge in [0.25, 0.3) is 0 Å². The number of anilines is 2. The van der Waals surface area contributed by atoms with Crippen molar-refractivity contribution in [1.29, 1.82) is 0 Å². The molecule has 222 valence electrons. The maximum absolute atomic E-state index is 14.7. The van der Waals surface area contributed by atoms with Crippen molar-refractivity contribution in [3.8, 4) is 17.3 Å². The molecule has 1 aliphatic rings. The predicted molar refractivity (Wildman–Crippen MR) is 147 cm³/mol. The van der Waals surface area contributed by atoms with Gasteiger partial charge in [0.15, 0.2) is 28.6 Å². The molecule has 0 bridgehead atoms. The number of nitrogens with two attached hydrogens (primary N) is 1. The van der Waals surface area contributed by atoms with Gasteiger partial charge in [-0.05, 0) is 12.1 Å². The van der Waals surface area contributed by atoms with Gasteiger partial charge in [0.05, 0.1) is 18.6 Å². The van der Waals surface area contributed by atoms with Gasteiger partial charge < -0.3 is 30.0 Å². The van der Waals surface area contributed by atoms with Crippen molar-refractivity contribution in [2.45, 2.75) is 12.6 Å². The summed E-state index contributed by atoms with van der Waals surface area (Å²) < 4.78 is 43.9. The number of aryl methyl sites for hydroxylation is 1. The van der Waals surface area contributed by atoms with Gasteiger partial charge in [-0.25, -0.2) is 18.6 Å².